The average Bonchev–Trinajstić information content (AvgIpc) is 3.05. The zero-order valence-electron chi connectivity index (χ0n) is 15.3. The van der Waals surface area contributed by atoms with Crippen molar-refractivity contribution in [2.45, 2.75) is 19.9 Å². The van der Waals surface area contributed by atoms with Gasteiger partial charge in [0, 0.05) is 24.2 Å². The molecule has 0 saturated carbocycles. The van der Waals surface area contributed by atoms with Gasteiger partial charge in [-0.3, -0.25) is 0 Å². The van der Waals surface area contributed by atoms with E-state index in [4.69, 9.17) is 4.74 Å². The van der Waals surface area contributed by atoms with Gasteiger partial charge in [0.05, 0.1) is 12.6 Å². The van der Waals surface area contributed by atoms with Crippen LogP contribution in [0.25, 0.3) is 22.0 Å². The van der Waals surface area contributed by atoms with Crippen molar-refractivity contribution in [3.05, 3.63) is 90.1 Å². The molecule has 0 aliphatic carbocycles. The number of ether oxygens (including phenoxy) is 1. The Labute approximate surface area is 154 Å². The molecule has 0 aliphatic rings. The topological polar surface area (TPSA) is 14.2 Å². The summed E-state index contributed by atoms with van der Waals surface area (Å²) in [6.07, 6.45) is 3.30. The van der Waals surface area contributed by atoms with Crippen LogP contribution in [0.5, 0.6) is 5.75 Å². The van der Waals surface area contributed by atoms with Gasteiger partial charge in [-0.1, -0.05) is 55.5 Å². The van der Waals surface area contributed by atoms with Crippen LogP contribution in [0.2, 0.25) is 0 Å². The number of fused-ring (bicyclic) bond motifs is 1. The molecule has 26 heavy (non-hydrogen) atoms. The Morgan fingerprint density at radius 1 is 0.846 bits per heavy atom. The van der Waals surface area contributed by atoms with E-state index in [0.717, 1.165) is 18.7 Å². The summed E-state index contributed by atoms with van der Waals surface area (Å²) < 4.78 is 7.77. The van der Waals surface area contributed by atoms with Gasteiger partial charge in [0.25, 0.3) is 0 Å². The SMILES string of the molecule is CCc1cn(Cc2cccc(-c3ccccc3)c2)c2cc(OC)ccc12. The molecule has 0 fully saturated rings. The van der Waals surface area contributed by atoms with E-state index in [1.807, 2.05) is 6.07 Å². The lowest BCUT2D eigenvalue weighted by Gasteiger charge is -2.09. The van der Waals surface area contributed by atoms with E-state index in [1.165, 1.54) is 33.2 Å². The van der Waals surface area contributed by atoms with Gasteiger partial charge in [-0.05, 0) is 46.9 Å². The third-order valence-corrected chi connectivity index (χ3v) is 4.94. The number of nitrogens with zero attached hydrogens (tertiary/aromatic N) is 1. The van der Waals surface area contributed by atoms with Crippen LogP contribution in [0.15, 0.2) is 79.0 Å². The van der Waals surface area contributed by atoms with Crippen molar-refractivity contribution in [1.82, 2.24) is 4.57 Å². The molecule has 130 valence electrons. The molecule has 2 nitrogen and oxygen atoms in total. The number of benzene rings is 3. The van der Waals surface area contributed by atoms with Crippen molar-refractivity contribution >= 4 is 10.9 Å². The summed E-state index contributed by atoms with van der Waals surface area (Å²) in [6.45, 7) is 3.06. The van der Waals surface area contributed by atoms with E-state index < -0.39 is 0 Å². The van der Waals surface area contributed by atoms with Crippen LogP contribution in [-0.4, -0.2) is 11.7 Å². The Kier molecular flexibility index (Phi) is 4.49. The minimum Gasteiger partial charge on any atom is -0.497 e. The fraction of sp³-hybridized carbons (Fsp3) is 0.167. The Morgan fingerprint density at radius 2 is 1.65 bits per heavy atom. The van der Waals surface area contributed by atoms with E-state index in [1.54, 1.807) is 7.11 Å². The quantitative estimate of drug-likeness (QED) is 0.439. The maximum atomic E-state index is 5.43. The molecule has 0 amide bonds. The molecular weight excluding hydrogens is 318 g/mol. The highest BCUT2D eigenvalue weighted by Crippen LogP contribution is 2.28. The standard InChI is InChI=1S/C24H23NO/c1-3-19-17-25(24-15-22(26-2)12-13-23(19)24)16-18-8-7-11-21(14-18)20-9-5-4-6-10-20/h4-15,17H,3,16H2,1-2H3. The van der Waals surface area contributed by atoms with Crippen LogP contribution in [0.1, 0.15) is 18.1 Å². The fourth-order valence-electron chi connectivity index (χ4n) is 3.56. The molecule has 4 rings (SSSR count). The monoisotopic (exact) mass is 341 g/mol. The summed E-state index contributed by atoms with van der Waals surface area (Å²) in [5, 5.41) is 1.31. The van der Waals surface area contributed by atoms with Crippen LogP contribution in [0, 0.1) is 0 Å². The predicted molar refractivity (Wildman–Crippen MR) is 109 cm³/mol. The molecule has 2 heteroatoms. The van der Waals surface area contributed by atoms with Crippen LogP contribution in [-0.2, 0) is 13.0 Å². The van der Waals surface area contributed by atoms with Crippen LogP contribution in [0.4, 0.5) is 0 Å². The minimum absolute atomic E-state index is 0.852. The van der Waals surface area contributed by atoms with E-state index >= 15 is 0 Å². The normalized spacial score (nSPS) is 11.0. The van der Waals surface area contributed by atoms with Gasteiger partial charge in [-0.25, -0.2) is 0 Å². The lowest BCUT2D eigenvalue weighted by Crippen LogP contribution is -1.98. The second kappa shape index (κ2) is 7.09. The highest BCUT2D eigenvalue weighted by Gasteiger charge is 2.09. The van der Waals surface area contributed by atoms with Gasteiger partial charge in [0.2, 0.25) is 0 Å². The molecule has 1 aromatic heterocycles. The average molecular weight is 341 g/mol. The number of hydrogen-bond acceptors (Lipinski definition) is 1. The van der Waals surface area contributed by atoms with Crippen LogP contribution < -0.4 is 4.74 Å². The lowest BCUT2D eigenvalue weighted by atomic mass is 10.0. The Morgan fingerprint density at radius 3 is 2.42 bits per heavy atom. The molecule has 0 aliphatic heterocycles. The highest BCUT2D eigenvalue weighted by atomic mass is 16.5. The largest absolute Gasteiger partial charge is 0.497 e. The van der Waals surface area contributed by atoms with Crippen LogP contribution >= 0.6 is 0 Å². The number of rotatable bonds is 5. The first-order valence-corrected chi connectivity index (χ1v) is 9.08. The van der Waals surface area contributed by atoms with E-state index in [2.05, 4.69) is 84.4 Å². The van der Waals surface area contributed by atoms with E-state index in [9.17, 15) is 0 Å². The second-order valence-corrected chi connectivity index (χ2v) is 6.59. The van der Waals surface area contributed by atoms with Gasteiger partial charge in [0.15, 0.2) is 0 Å². The van der Waals surface area contributed by atoms with Gasteiger partial charge >= 0.3 is 0 Å². The first-order valence-electron chi connectivity index (χ1n) is 9.08. The zero-order chi connectivity index (χ0) is 17.9. The molecule has 0 unspecified atom stereocenters. The van der Waals surface area contributed by atoms with Crippen molar-refractivity contribution in [2.24, 2.45) is 0 Å². The lowest BCUT2D eigenvalue weighted by molar-refractivity contribution is 0.415. The molecule has 3 aromatic carbocycles. The highest BCUT2D eigenvalue weighted by molar-refractivity contribution is 5.85. The second-order valence-electron chi connectivity index (χ2n) is 6.59. The summed E-state index contributed by atoms with van der Waals surface area (Å²) in [5.41, 5.74) is 6.41. The Bertz CT molecular complexity index is 1030. The van der Waals surface area contributed by atoms with Gasteiger partial charge in [0.1, 0.15) is 5.75 Å². The summed E-state index contributed by atoms with van der Waals surface area (Å²) in [5.74, 6) is 0.900. The van der Waals surface area contributed by atoms with Gasteiger partial charge < -0.3 is 9.30 Å². The van der Waals surface area contributed by atoms with Crippen molar-refractivity contribution < 1.29 is 4.74 Å². The van der Waals surface area contributed by atoms with E-state index in [-0.39, 0.29) is 0 Å². The molecule has 4 aromatic rings. The van der Waals surface area contributed by atoms with Gasteiger partial charge in [-0.15, -0.1) is 0 Å². The van der Waals surface area contributed by atoms with E-state index in [0.29, 0.717) is 0 Å². The molecule has 1 heterocycles. The molecule has 0 radical (unpaired) electrons. The molecule has 0 saturated heterocycles. The van der Waals surface area contributed by atoms with Gasteiger partial charge in [-0.2, -0.15) is 0 Å². The zero-order valence-corrected chi connectivity index (χ0v) is 15.3. The number of hydrogen-bond donors (Lipinski definition) is 0. The maximum absolute atomic E-state index is 5.43. The minimum atomic E-state index is 0.852. The molecule has 0 atom stereocenters. The smallest absolute Gasteiger partial charge is 0.120 e. The Balaban J connectivity index is 1.73. The first-order chi connectivity index (χ1) is 12.8. The molecule has 0 N–H and O–H groups in total. The van der Waals surface area contributed by atoms with Crippen molar-refractivity contribution in [3.63, 3.8) is 0 Å². The summed E-state index contributed by atoms with van der Waals surface area (Å²) in [7, 11) is 1.72. The maximum Gasteiger partial charge on any atom is 0.120 e. The van der Waals surface area contributed by atoms with Crippen LogP contribution in [0.3, 0.4) is 0 Å². The number of aryl methyl sites for hydroxylation is 1. The third kappa shape index (κ3) is 3.11. The summed E-state index contributed by atoms with van der Waals surface area (Å²) >= 11 is 0. The third-order valence-electron chi connectivity index (χ3n) is 4.94. The molecule has 0 bridgehead atoms. The van der Waals surface area contributed by atoms with Crippen molar-refractivity contribution in [2.75, 3.05) is 7.11 Å². The summed E-state index contributed by atoms with van der Waals surface area (Å²) in [4.78, 5) is 0. The Hall–Kier alpha value is -3.00. The van der Waals surface area contributed by atoms with Crippen molar-refractivity contribution in [3.8, 4) is 16.9 Å². The molecule has 0 spiro atoms. The summed E-state index contributed by atoms with van der Waals surface area (Å²) in [6, 6.07) is 25.7. The van der Waals surface area contributed by atoms with Crippen molar-refractivity contribution in [1.29, 1.82) is 0 Å². The fourth-order valence-corrected chi connectivity index (χ4v) is 3.56. The molecular formula is C24H23NO. The number of aromatic nitrogens is 1. The first kappa shape index (κ1) is 16.5. The number of methoxy groups -OCH3 is 1. The predicted octanol–water partition coefficient (Wildman–Crippen LogP) is 5.93.